The molecular weight excluding hydrogens is 663 g/mol. The summed E-state index contributed by atoms with van der Waals surface area (Å²) in [7, 11) is -2.03. The smallest absolute Gasteiger partial charge is 0.341 e. The van der Waals surface area contributed by atoms with Crippen LogP contribution >= 0.6 is 0 Å². The number of rotatable bonds is 16. The topological polar surface area (TPSA) is 102 Å². The summed E-state index contributed by atoms with van der Waals surface area (Å²) in [6.45, 7) is 10.5. The lowest BCUT2D eigenvalue weighted by molar-refractivity contribution is -0.139. The van der Waals surface area contributed by atoms with Gasteiger partial charge in [-0.1, -0.05) is 86.7 Å². The summed E-state index contributed by atoms with van der Waals surface area (Å²) in [5.74, 6) is 0.734. The van der Waals surface area contributed by atoms with Crippen molar-refractivity contribution in [2.75, 3.05) is 20.2 Å². The zero-order valence-electron chi connectivity index (χ0n) is 29.9. The summed E-state index contributed by atoms with van der Waals surface area (Å²) in [5, 5.41) is 9.41. The quantitative estimate of drug-likeness (QED) is 0.116. The Kier molecular flexibility index (Phi) is 12.7. The van der Waals surface area contributed by atoms with Gasteiger partial charge in [-0.25, -0.2) is 17.5 Å². The first-order chi connectivity index (χ1) is 24.4. The van der Waals surface area contributed by atoms with Gasteiger partial charge in [-0.15, -0.1) is 0 Å². The van der Waals surface area contributed by atoms with E-state index in [4.69, 9.17) is 14.2 Å². The van der Waals surface area contributed by atoms with Crippen LogP contribution in [0, 0.1) is 11.8 Å². The maximum Gasteiger partial charge on any atom is 0.341 e. The van der Waals surface area contributed by atoms with Crippen LogP contribution in [0.15, 0.2) is 120 Å². The van der Waals surface area contributed by atoms with Crippen molar-refractivity contribution in [1.29, 1.82) is 0 Å². The number of ether oxygens (including phenoxy) is 3. The van der Waals surface area contributed by atoms with Crippen molar-refractivity contribution in [2.45, 2.75) is 69.5 Å². The molecule has 4 aromatic rings. The van der Waals surface area contributed by atoms with Gasteiger partial charge >= 0.3 is 5.97 Å². The summed E-state index contributed by atoms with van der Waals surface area (Å²) >= 11 is 0. The Balaban J connectivity index is 1.40. The molecule has 0 unspecified atom stereocenters. The molecule has 51 heavy (non-hydrogen) atoms. The minimum absolute atomic E-state index is 0.0298. The van der Waals surface area contributed by atoms with Crippen LogP contribution in [0.5, 0.6) is 17.2 Å². The number of carboxylic acids is 1. The third-order valence-electron chi connectivity index (χ3n) is 9.40. The average molecular weight is 712 g/mol. The van der Waals surface area contributed by atoms with E-state index in [1.807, 2.05) is 73.7 Å². The van der Waals surface area contributed by atoms with Gasteiger partial charge in [-0.2, -0.15) is 0 Å². The van der Waals surface area contributed by atoms with E-state index in [9.17, 15) is 18.3 Å². The second-order valence-electron chi connectivity index (χ2n) is 13.8. The van der Waals surface area contributed by atoms with Crippen molar-refractivity contribution < 1.29 is 32.5 Å². The van der Waals surface area contributed by atoms with Crippen molar-refractivity contribution >= 4 is 16.0 Å². The number of nitrogens with zero attached hydrogens (tertiary/aromatic N) is 1. The molecule has 1 saturated heterocycles. The zero-order chi connectivity index (χ0) is 36.5. The van der Waals surface area contributed by atoms with E-state index >= 15 is 0 Å². The van der Waals surface area contributed by atoms with Crippen molar-refractivity contribution in [3.8, 4) is 17.2 Å². The predicted octanol–water partition coefficient (Wildman–Crippen LogP) is 9.05. The summed E-state index contributed by atoms with van der Waals surface area (Å²) < 4.78 is 47.4. The Labute approximate surface area is 302 Å². The summed E-state index contributed by atoms with van der Waals surface area (Å²) in [6, 6.07) is 32.1. The lowest BCUT2D eigenvalue weighted by atomic mass is 9.74. The Hall–Kier alpha value is -4.44. The van der Waals surface area contributed by atoms with Crippen LogP contribution in [0.3, 0.4) is 0 Å². The van der Waals surface area contributed by atoms with Gasteiger partial charge < -0.3 is 19.3 Å². The lowest BCUT2D eigenvalue weighted by Gasteiger charge is -2.43. The van der Waals surface area contributed by atoms with Crippen LogP contribution in [0.1, 0.15) is 68.7 Å². The molecule has 0 bridgehead atoms. The van der Waals surface area contributed by atoms with Crippen LogP contribution < -0.4 is 9.47 Å². The highest BCUT2D eigenvalue weighted by Crippen LogP contribution is 2.50. The van der Waals surface area contributed by atoms with Crippen molar-refractivity contribution in [3.05, 3.63) is 132 Å². The second-order valence-corrected chi connectivity index (χ2v) is 15.8. The van der Waals surface area contributed by atoms with Gasteiger partial charge in [0, 0.05) is 31.0 Å². The molecule has 0 spiro atoms. The van der Waals surface area contributed by atoms with E-state index in [0.717, 1.165) is 30.4 Å². The van der Waals surface area contributed by atoms with E-state index in [1.165, 1.54) is 9.87 Å². The molecule has 1 aliphatic heterocycles. The first-order valence-electron chi connectivity index (χ1n) is 17.5. The highest BCUT2D eigenvalue weighted by atomic mass is 32.2. The zero-order valence-corrected chi connectivity index (χ0v) is 30.7. The average Bonchev–Trinajstić information content (AvgIpc) is 3.11. The van der Waals surface area contributed by atoms with Gasteiger partial charge in [-0.3, -0.25) is 0 Å². The van der Waals surface area contributed by atoms with Gasteiger partial charge in [0.1, 0.15) is 17.2 Å². The fourth-order valence-electron chi connectivity index (χ4n) is 6.76. The number of hydrogen-bond donors (Lipinski definition) is 1. The summed E-state index contributed by atoms with van der Waals surface area (Å²) in [4.78, 5) is 11.8. The molecule has 0 amide bonds. The fourth-order valence-corrected chi connectivity index (χ4v) is 7.97. The maximum atomic E-state index is 13.5. The SMILES string of the molecule is C=C(C)[C@@H]1C[C@@H](c2ccc(S(=O)(=O)N(C)CCCc3ccccc3)cc2)[C@@H](CC(C)C)O[C@H]1c1cc(Oc2ccccc2)ccc1OCC(=O)O. The van der Waals surface area contributed by atoms with Crippen molar-refractivity contribution in [2.24, 2.45) is 11.8 Å². The molecule has 4 atom stereocenters. The minimum atomic E-state index is -3.67. The van der Waals surface area contributed by atoms with Crippen LogP contribution in [-0.2, 0) is 26.0 Å². The first kappa shape index (κ1) is 37.8. The van der Waals surface area contributed by atoms with Crippen LogP contribution in [0.2, 0.25) is 0 Å². The van der Waals surface area contributed by atoms with Gasteiger partial charge in [0.2, 0.25) is 10.0 Å². The Bertz CT molecular complexity index is 1860. The van der Waals surface area contributed by atoms with Crippen molar-refractivity contribution in [1.82, 2.24) is 4.31 Å². The van der Waals surface area contributed by atoms with Crippen LogP contribution in [0.25, 0.3) is 0 Å². The highest BCUT2D eigenvalue weighted by Gasteiger charge is 2.41. The number of aliphatic carboxylic acids is 1. The molecule has 1 heterocycles. The number of sulfonamides is 1. The number of aryl methyl sites for hydroxylation is 1. The third kappa shape index (κ3) is 9.88. The van der Waals surface area contributed by atoms with Crippen LogP contribution in [0.4, 0.5) is 0 Å². The van der Waals surface area contributed by atoms with E-state index in [1.54, 1.807) is 31.3 Å². The predicted molar refractivity (Wildman–Crippen MR) is 200 cm³/mol. The molecule has 0 aliphatic carbocycles. The molecule has 270 valence electrons. The Morgan fingerprint density at radius 3 is 2.25 bits per heavy atom. The third-order valence-corrected chi connectivity index (χ3v) is 11.3. The summed E-state index contributed by atoms with van der Waals surface area (Å²) in [5.41, 5.74) is 3.80. The number of hydrogen-bond acceptors (Lipinski definition) is 6. The molecule has 0 aromatic heterocycles. The fraction of sp³-hybridized carbons (Fsp3) is 0.357. The van der Waals surface area contributed by atoms with Gasteiger partial charge in [0.25, 0.3) is 0 Å². The van der Waals surface area contributed by atoms with E-state index in [2.05, 4.69) is 32.6 Å². The molecule has 4 aromatic carbocycles. The number of carboxylic acid groups (broad SMARTS) is 1. The lowest BCUT2D eigenvalue weighted by Crippen LogP contribution is -2.37. The first-order valence-corrected chi connectivity index (χ1v) is 19.0. The van der Waals surface area contributed by atoms with E-state index in [0.29, 0.717) is 41.7 Å². The summed E-state index contributed by atoms with van der Waals surface area (Å²) in [6.07, 6.45) is 2.31. The minimum Gasteiger partial charge on any atom is -0.482 e. The Morgan fingerprint density at radius 1 is 0.961 bits per heavy atom. The molecule has 9 heteroatoms. The molecular formula is C42H49NO7S. The number of benzene rings is 4. The number of para-hydroxylation sites is 1. The largest absolute Gasteiger partial charge is 0.482 e. The van der Waals surface area contributed by atoms with Gasteiger partial charge in [-0.05, 0) is 92.1 Å². The maximum absolute atomic E-state index is 13.5. The van der Waals surface area contributed by atoms with Crippen LogP contribution in [-0.4, -0.2) is 50.1 Å². The normalized spacial score (nSPS) is 19.2. The van der Waals surface area contributed by atoms with Gasteiger partial charge in [0.05, 0.1) is 17.1 Å². The molecule has 1 aliphatic rings. The standard InChI is InChI=1S/C42H49NO7S/c1-29(2)25-40-37(32-18-21-35(22-19-32)51(46,47)43(5)24-12-15-31-13-8-6-9-14-31)27-36(30(3)4)42(50-40)38-26-34(49-33-16-10-7-11-17-33)20-23-39(38)48-28-41(44)45/h6-11,13-14,16-23,26,29,36-37,40,42H,3,12,15,24-25,27-28H2,1-2,4-5H3,(H,44,45)/t36-,37-,40+,42+/m0/s1. The number of carbonyl (C=O) groups is 1. The van der Waals surface area contributed by atoms with Crippen molar-refractivity contribution in [3.63, 3.8) is 0 Å². The van der Waals surface area contributed by atoms with E-state index < -0.39 is 28.7 Å². The van der Waals surface area contributed by atoms with Gasteiger partial charge in [0.15, 0.2) is 6.61 Å². The second kappa shape index (κ2) is 17.2. The Morgan fingerprint density at radius 2 is 1.63 bits per heavy atom. The molecule has 5 rings (SSSR count). The molecule has 0 radical (unpaired) electrons. The molecule has 1 fully saturated rings. The monoisotopic (exact) mass is 711 g/mol. The molecule has 0 saturated carbocycles. The van der Waals surface area contributed by atoms with E-state index in [-0.39, 0.29) is 22.8 Å². The molecule has 8 nitrogen and oxygen atoms in total. The highest BCUT2D eigenvalue weighted by molar-refractivity contribution is 7.89. The molecule has 1 N–H and O–H groups in total.